The smallest absolute Gasteiger partial charge is 0.272 e. The van der Waals surface area contributed by atoms with E-state index in [1.165, 1.54) is 10.4 Å². The van der Waals surface area contributed by atoms with Crippen LogP contribution in [0.1, 0.15) is 12.8 Å². The van der Waals surface area contributed by atoms with E-state index in [2.05, 4.69) is 21.2 Å². The molecular weight excluding hydrogens is 364 g/mol. The zero-order chi connectivity index (χ0) is 19.0. The third kappa shape index (κ3) is 3.14. The first-order valence-corrected chi connectivity index (χ1v) is 10.2. The minimum absolute atomic E-state index is 0.0176. The van der Waals surface area contributed by atoms with E-state index >= 15 is 0 Å². The number of nitrogens with one attached hydrogen (secondary N) is 3. The third-order valence-corrected chi connectivity index (χ3v) is 6.80. The molecule has 1 aliphatic rings. The van der Waals surface area contributed by atoms with Crippen LogP contribution in [0.3, 0.4) is 0 Å². The first-order chi connectivity index (χ1) is 13.0. The Balaban J connectivity index is 1.79. The van der Waals surface area contributed by atoms with E-state index in [1.807, 2.05) is 0 Å². The van der Waals surface area contributed by atoms with Crippen LogP contribution in [0.15, 0.2) is 40.2 Å². The van der Waals surface area contributed by atoms with Crippen LogP contribution in [-0.2, 0) is 10.0 Å². The normalized spacial score (nSPS) is 17.7. The summed E-state index contributed by atoms with van der Waals surface area (Å²) in [6.45, 7) is 1.25. The number of sulfonamides is 1. The van der Waals surface area contributed by atoms with Crippen molar-refractivity contribution in [1.29, 1.82) is 0 Å². The van der Waals surface area contributed by atoms with Crippen molar-refractivity contribution in [3.05, 3.63) is 40.8 Å². The number of H-pyrrole nitrogens is 2. The Bertz CT molecular complexity index is 1200. The summed E-state index contributed by atoms with van der Waals surface area (Å²) in [4.78, 5) is 17.9. The highest BCUT2D eigenvalue weighted by molar-refractivity contribution is 7.89. The zero-order valence-corrected chi connectivity index (χ0v) is 15.5. The van der Waals surface area contributed by atoms with E-state index in [0.29, 0.717) is 28.4 Å². The van der Waals surface area contributed by atoms with Gasteiger partial charge in [-0.3, -0.25) is 4.79 Å². The summed E-state index contributed by atoms with van der Waals surface area (Å²) >= 11 is 0. The number of aromatic nitrogens is 2. The molecular formula is C19H20N4O3S. The van der Waals surface area contributed by atoms with E-state index in [4.69, 9.17) is 6.42 Å². The molecule has 0 spiro atoms. The molecule has 0 bridgehead atoms. The van der Waals surface area contributed by atoms with Crippen molar-refractivity contribution >= 4 is 31.8 Å². The molecule has 0 amide bonds. The van der Waals surface area contributed by atoms with Gasteiger partial charge < -0.3 is 15.3 Å². The molecule has 1 saturated heterocycles. The molecule has 3 heterocycles. The maximum absolute atomic E-state index is 13.2. The van der Waals surface area contributed by atoms with Crippen LogP contribution in [0, 0.1) is 12.3 Å². The summed E-state index contributed by atoms with van der Waals surface area (Å²) in [5.74, 6) is 2.45. The summed E-state index contributed by atoms with van der Waals surface area (Å²) in [5, 5.41) is 4.67. The quantitative estimate of drug-likeness (QED) is 0.579. The van der Waals surface area contributed by atoms with Crippen molar-refractivity contribution in [1.82, 2.24) is 19.6 Å². The van der Waals surface area contributed by atoms with Crippen molar-refractivity contribution in [3.63, 3.8) is 0 Å². The largest absolute Gasteiger partial charge is 0.357 e. The number of benzene rings is 1. The number of rotatable bonds is 5. The molecule has 140 valence electrons. The van der Waals surface area contributed by atoms with Gasteiger partial charge in [-0.05, 0) is 43.7 Å². The molecule has 0 aliphatic carbocycles. The third-order valence-electron chi connectivity index (χ3n) is 5.00. The minimum atomic E-state index is -3.76. The predicted molar refractivity (Wildman–Crippen MR) is 105 cm³/mol. The monoisotopic (exact) mass is 384 g/mol. The summed E-state index contributed by atoms with van der Waals surface area (Å²) < 4.78 is 27.8. The summed E-state index contributed by atoms with van der Waals surface area (Å²) in [6, 6.07) is 6.62. The highest BCUT2D eigenvalue weighted by Gasteiger charge is 2.28. The highest BCUT2D eigenvalue weighted by Crippen LogP contribution is 2.25. The van der Waals surface area contributed by atoms with Gasteiger partial charge in [-0.25, -0.2) is 8.42 Å². The Morgan fingerprint density at radius 3 is 2.85 bits per heavy atom. The topological polar surface area (TPSA) is 98.1 Å². The molecule has 1 atom stereocenters. The van der Waals surface area contributed by atoms with E-state index in [1.54, 1.807) is 24.4 Å². The number of hydrogen-bond donors (Lipinski definition) is 3. The number of hydrogen-bond acceptors (Lipinski definition) is 4. The van der Waals surface area contributed by atoms with Gasteiger partial charge in [-0.1, -0.05) is 5.92 Å². The minimum Gasteiger partial charge on any atom is -0.357 e. The molecule has 27 heavy (non-hydrogen) atoms. The Morgan fingerprint density at radius 2 is 2.11 bits per heavy atom. The second-order valence-corrected chi connectivity index (χ2v) is 8.66. The Labute approximate surface area is 156 Å². The molecule has 1 aromatic carbocycles. The van der Waals surface area contributed by atoms with Gasteiger partial charge in [-0.2, -0.15) is 4.31 Å². The second-order valence-electron chi connectivity index (χ2n) is 6.72. The lowest BCUT2D eigenvalue weighted by atomic mass is 10.1. The maximum Gasteiger partial charge on any atom is 0.272 e. The Kier molecular flexibility index (Phi) is 4.52. The van der Waals surface area contributed by atoms with Crippen LogP contribution in [0.4, 0.5) is 0 Å². The molecule has 7 nitrogen and oxygen atoms in total. The second kappa shape index (κ2) is 6.85. The van der Waals surface area contributed by atoms with E-state index in [-0.39, 0.29) is 23.0 Å². The molecule has 1 fully saturated rings. The summed E-state index contributed by atoms with van der Waals surface area (Å²) in [7, 11) is -3.76. The van der Waals surface area contributed by atoms with Gasteiger partial charge in [0.1, 0.15) is 5.52 Å². The van der Waals surface area contributed by atoms with Crippen molar-refractivity contribution in [2.24, 2.45) is 0 Å². The summed E-state index contributed by atoms with van der Waals surface area (Å²) in [6.07, 6.45) is 9.05. The van der Waals surface area contributed by atoms with Crippen molar-refractivity contribution < 1.29 is 8.42 Å². The van der Waals surface area contributed by atoms with Gasteiger partial charge in [-0.15, -0.1) is 6.42 Å². The number of aromatic amines is 2. The van der Waals surface area contributed by atoms with Crippen LogP contribution < -0.4 is 10.9 Å². The predicted octanol–water partition coefficient (Wildman–Crippen LogP) is 1.39. The zero-order valence-electron chi connectivity index (χ0n) is 14.7. The Hall–Kier alpha value is -2.60. The molecule has 0 saturated carbocycles. The molecule has 1 aliphatic heterocycles. The van der Waals surface area contributed by atoms with Crippen molar-refractivity contribution in [3.8, 4) is 12.3 Å². The van der Waals surface area contributed by atoms with Crippen LogP contribution in [0.2, 0.25) is 0 Å². The van der Waals surface area contributed by atoms with Crippen LogP contribution in [-0.4, -0.2) is 48.4 Å². The first-order valence-electron chi connectivity index (χ1n) is 8.81. The summed E-state index contributed by atoms with van der Waals surface area (Å²) in [5.41, 5.74) is 0.777. The standard InChI is InChI=1S/C19H20N4O3S/c1-2-10-23(12-13-4-3-8-20-13)27(25,26)14-5-6-17-16(11-14)15-7-9-21-18(15)19(24)22-17/h1,5-7,9,11,13,20-21H,3-4,8,10,12H2,(H,22,24)/t13-/m0/s1. The average molecular weight is 384 g/mol. The average Bonchev–Trinajstić information content (AvgIpc) is 3.33. The van der Waals surface area contributed by atoms with Gasteiger partial charge in [0, 0.05) is 35.1 Å². The Morgan fingerprint density at radius 1 is 1.26 bits per heavy atom. The van der Waals surface area contributed by atoms with Crippen molar-refractivity contribution in [2.45, 2.75) is 23.8 Å². The first kappa shape index (κ1) is 17.8. The van der Waals surface area contributed by atoms with Crippen molar-refractivity contribution in [2.75, 3.05) is 19.6 Å². The number of fused-ring (bicyclic) bond motifs is 3. The molecule has 8 heteroatoms. The fourth-order valence-corrected chi connectivity index (χ4v) is 5.06. The molecule has 3 aromatic rings. The highest BCUT2D eigenvalue weighted by atomic mass is 32.2. The molecule has 2 aromatic heterocycles. The van der Waals surface area contributed by atoms with Crippen LogP contribution >= 0.6 is 0 Å². The van der Waals surface area contributed by atoms with E-state index < -0.39 is 10.0 Å². The fourth-order valence-electron chi connectivity index (χ4n) is 3.64. The molecule has 4 rings (SSSR count). The number of terminal acetylenes is 1. The molecule has 0 radical (unpaired) electrons. The molecule has 3 N–H and O–H groups in total. The van der Waals surface area contributed by atoms with Gasteiger partial charge in [0.05, 0.1) is 11.4 Å². The lowest BCUT2D eigenvalue weighted by molar-refractivity contribution is 0.398. The van der Waals surface area contributed by atoms with Gasteiger partial charge in [0.2, 0.25) is 10.0 Å². The van der Waals surface area contributed by atoms with Gasteiger partial charge in [0.15, 0.2) is 0 Å². The molecule has 0 unspecified atom stereocenters. The number of nitrogens with zero attached hydrogens (tertiary/aromatic N) is 1. The number of pyridine rings is 1. The lowest BCUT2D eigenvalue weighted by Gasteiger charge is -2.23. The van der Waals surface area contributed by atoms with E-state index in [0.717, 1.165) is 19.4 Å². The van der Waals surface area contributed by atoms with Gasteiger partial charge >= 0.3 is 0 Å². The van der Waals surface area contributed by atoms with E-state index in [9.17, 15) is 13.2 Å². The lowest BCUT2D eigenvalue weighted by Crippen LogP contribution is -2.41. The van der Waals surface area contributed by atoms with Crippen LogP contribution in [0.25, 0.3) is 21.8 Å². The van der Waals surface area contributed by atoms with Gasteiger partial charge in [0.25, 0.3) is 5.56 Å². The van der Waals surface area contributed by atoms with Crippen LogP contribution in [0.5, 0.6) is 0 Å². The SMILES string of the molecule is C#CCN(C[C@@H]1CCCN1)S(=O)(=O)c1ccc2[nH]c(=O)c3[nH]ccc3c2c1. The maximum atomic E-state index is 13.2. The fraction of sp³-hybridized carbons (Fsp3) is 0.316.